The summed E-state index contributed by atoms with van der Waals surface area (Å²) < 4.78 is 4.85. The van der Waals surface area contributed by atoms with Crippen molar-refractivity contribution in [2.45, 2.75) is 0 Å². The molecule has 6 nitrogen and oxygen atoms in total. The number of benzene rings is 1. The molecule has 0 saturated heterocycles. The van der Waals surface area contributed by atoms with Crippen LogP contribution in [0.2, 0.25) is 10.0 Å². The fourth-order valence-electron chi connectivity index (χ4n) is 1.59. The van der Waals surface area contributed by atoms with Gasteiger partial charge in [-0.3, -0.25) is 4.79 Å². The second-order valence-corrected chi connectivity index (χ2v) is 5.10. The molecule has 0 saturated carbocycles. The number of methoxy groups -OCH3 is 1. The SMILES string of the molecule is COCCNC(=O)c1cnc(Nc2ccc(Cl)c(Cl)c2)cn1. The van der Waals surface area contributed by atoms with Crippen LogP contribution in [-0.2, 0) is 4.74 Å². The summed E-state index contributed by atoms with van der Waals surface area (Å²) in [4.78, 5) is 19.9. The Morgan fingerprint density at radius 1 is 1.23 bits per heavy atom. The molecular formula is C14H14Cl2N4O2. The lowest BCUT2D eigenvalue weighted by Gasteiger charge is -2.07. The van der Waals surface area contributed by atoms with Gasteiger partial charge in [-0.2, -0.15) is 0 Å². The van der Waals surface area contributed by atoms with E-state index in [4.69, 9.17) is 27.9 Å². The first-order valence-corrected chi connectivity index (χ1v) is 7.17. The molecule has 0 aliphatic carbocycles. The summed E-state index contributed by atoms with van der Waals surface area (Å²) in [6.45, 7) is 0.858. The summed E-state index contributed by atoms with van der Waals surface area (Å²) in [5, 5.41) is 6.60. The highest BCUT2D eigenvalue weighted by atomic mass is 35.5. The minimum Gasteiger partial charge on any atom is -0.383 e. The van der Waals surface area contributed by atoms with Gasteiger partial charge in [0.05, 0.1) is 29.0 Å². The third-order valence-corrected chi connectivity index (χ3v) is 3.41. The second-order valence-electron chi connectivity index (χ2n) is 4.29. The van der Waals surface area contributed by atoms with Gasteiger partial charge in [-0.1, -0.05) is 23.2 Å². The van der Waals surface area contributed by atoms with Gasteiger partial charge in [0.15, 0.2) is 0 Å². The molecule has 116 valence electrons. The molecule has 8 heteroatoms. The Labute approximate surface area is 137 Å². The molecule has 1 aromatic carbocycles. The van der Waals surface area contributed by atoms with Crippen LogP contribution in [-0.4, -0.2) is 36.1 Å². The Balaban J connectivity index is 1.99. The van der Waals surface area contributed by atoms with Crippen LogP contribution in [0.5, 0.6) is 0 Å². The van der Waals surface area contributed by atoms with Crippen molar-refractivity contribution in [1.82, 2.24) is 15.3 Å². The van der Waals surface area contributed by atoms with Gasteiger partial charge in [0.1, 0.15) is 11.5 Å². The number of carbonyl (C=O) groups is 1. The molecule has 1 heterocycles. The molecule has 22 heavy (non-hydrogen) atoms. The highest BCUT2D eigenvalue weighted by Gasteiger charge is 2.07. The molecule has 0 aliphatic rings. The Morgan fingerprint density at radius 3 is 2.68 bits per heavy atom. The summed E-state index contributed by atoms with van der Waals surface area (Å²) in [6.07, 6.45) is 2.86. The lowest BCUT2D eigenvalue weighted by Crippen LogP contribution is -2.27. The van der Waals surface area contributed by atoms with Gasteiger partial charge in [-0.15, -0.1) is 0 Å². The van der Waals surface area contributed by atoms with E-state index in [1.54, 1.807) is 25.3 Å². The van der Waals surface area contributed by atoms with Crippen molar-refractivity contribution >= 4 is 40.6 Å². The molecule has 0 radical (unpaired) electrons. The maximum Gasteiger partial charge on any atom is 0.271 e. The lowest BCUT2D eigenvalue weighted by atomic mass is 10.3. The molecule has 0 spiro atoms. The lowest BCUT2D eigenvalue weighted by molar-refractivity contribution is 0.0932. The number of aromatic nitrogens is 2. The number of nitrogens with zero attached hydrogens (tertiary/aromatic N) is 2. The van der Waals surface area contributed by atoms with Crippen molar-refractivity contribution in [1.29, 1.82) is 0 Å². The fourth-order valence-corrected chi connectivity index (χ4v) is 1.89. The predicted octanol–water partition coefficient (Wildman–Crippen LogP) is 2.90. The van der Waals surface area contributed by atoms with Gasteiger partial charge >= 0.3 is 0 Å². The number of anilines is 2. The van der Waals surface area contributed by atoms with E-state index in [9.17, 15) is 4.79 Å². The zero-order chi connectivity index (χ0) is 15.9. The van der Waals surface area contributed by atoms with E-state index in [0.717, 1.165) is 5.69 Å². The molecule has 0 atom stereocenters. The largest absolute Gasteiger partial charge is 0.383 e. The molecule has 2 N–H and O–H groups in total. The summed E-state index contributed by atoms with van der Waals surface area (Å²) in [5.41, 5.74) is 0.955. The number of amides is 1. The number of halogens is 2. The monoisotopic (exact) mass is 340 g/mol. The van der Waals surface area contributed by atoms with Crippen molar-refractivity contribution in [2.75, 3.05) is 25.6 Å². The van der Waals surface area contributed by atoms with Crippen LogP contribution in [0.15, 0.2) is 30.6 Å². The highest BCUT2D eigenvalue weighted by molar-refractivity contribution is 6.42. The average molecular weight is 341 g/mol. The Bertz CT molecular complexity index is 650. The number of carbonyl (C=O) groups excluding carboxylic acids is 1. The van der Waals surface area contributed by atoms with Crippen LogP contribution in [0.1, 0.15) is 10.5 Å². The number of nitrogens with one attached hydrogen (secondary N) is 2. The highest BCUT2D eigenvalue weighted by Crippen LogP contribution is 2.26. The summed E-state index contributed by atoms with van der Waals surface area (Å²) in [7, 11) is 1.56. The first kappa shape index (κ1) is 16.5. The first-order valence-electron chi connectivity index (χ1n) is 6.41. The van der Waals surface area contributed by atoms with Crippen LogP contribution in [0.3, 0.4) is 0 Å². The van der Waals surface area contributed by atoms with Crippen molar-refractivity contribution < 1.29 is 9.53 Å². The minimum atomic E-state index is -0.300. The maximum absolute atomic E-state index is 11.7. The molecule has 2 aromatic rings. The number of ether oxygens (including phenoxy) is 1. The Morgan fingerprint density at radius 2 is 2.05 bits per heavy atom. The van der Waals surface area contributed by atoms with Crippen molar-refractivity contribution in [3.05, 3.63) is 46.3 Å². The number of hydrogen-bond acceptors (Lipinski definition) is 5. The van der Waals surface area contributed by atoms with Crippen LogP contribution in [0, 0.1) is 0 Å². The molecule has 0 unspecified atom stereocenters. The summed E-state index contributed by atoms with van der Waals surface area (Å²) in [5.74, 6) is 0.192. The topological polar surface area (TPSA) is 76.1 Å². The Hall–Kier alpha value is -1.89. The van der Waals surface area contributed by atoms with Gasteiger partial charge in [0.25, 0.3) is 5.91 Å². The van der Waals surface area contributed by atoms with Gasteiger partial charge in [-0.05, 0) is 18.2 Å². The smallest absolute Gasteiger partial charge is 0.271 e. The summed E-state index contributed by atoms with van der Waals surface area (Å²) >= 11 is 11.8. The van der Waals surface area contributed by atoms with Crippen molar-refractivity contribution in [2.24, 2.45) is 0 Å². The maximum atomic E-state index is 11.7. The van der Waals surface area contributed by atoms with Crippen molar-refractivity contribution in [3.8, 4) is 0 Å². The average Bonchev–Trinajstić information content (AvgIpc) is 2.52. The van der Waals surface area contributed by atoms with Crippen LogP contribution >= 0.6 is 23.2 Å². The third kappa shape index (κ3) is 4.56. The number of hydrogen-bond donors (Lipinski definition) is 2. The third-order valence-electron chi connectivity index (χ3n) is 2.67. The van der Waals surface area contributed by atoms with E-state index >= 15 is 0 Å². The number of rotatable bonds is 6. The van der Waals surface area contributed by atoms with Gasteiger partial charge < -0.3 is 15.4 Å². The molecule has 1 aromatic heterocycles. The van der Waals surface area contributed by atoms with E-state index in [1.807, 2.05) is 0 Å². The molecule has 2 rings (SSSR count). The zero-order valence-electron chi connectivity index (χ0n) is 11.8. The quantitative estimate of drug-likeness (QED) is 0.790. The van der Waals surface area contributed by atoms with E-state index < -0.39 is 0 Å². The molecule has 0 bridgehead atoms. The second kappa shape index (κ2) is 7.93. The van der Waals surface area contributed by atoms with Crippen LogP contribution in [0.4, 0.5) is 11.5 Å². The standard InChI is InChI=1S/C14H14Cl2N4O2/c1-22-5-4-17-14(21)12-7-19-13(8-18-12)20-9-2-3-10(15)11(16)6-9/h2-3,6-8H,4-5H2,1H3,(H,17,21)(H,19,20). The van der Waals surface area contributed by atoms with Crippen molar-refractivity contribution in [3.63, 3.8) is 0 Å². The van der Waals surface area contributed by atoms with Crippen LogP contribution < -0.4 is 10.6 Å². The fraction of sp³-hybridized carbons (Fsp3) is 0.214. The van der Waals surface area contributed by atoms with Gasteiger partial charge in [0, 0.05) is 19.3 Å². The molecule has 0 fully saturated rings. The molecule has 1 amide bonds. The van der Waals surface area contributed by atoms with E-state index in [2.05, 4.69) is 20.6 Å². The molecule has 0 aliphatic heterocycles. The normalized spacial score (nSPS) is 10.3. The van der Waals surface area contributed by atoms with Crippen LogP contribution in [0.25, 0.3) is 0 Å². The first-order chi connectivity index (χ1) is 10.6. The predicted molar refractivity (Wildman–Crippen MR) is 86.0 cm³/mol. The zero-order valence-corrected chi connectivity index (χ0v) is 13.3. The summed E-state index contributed by atoms with van der Waals surface area (Å²) in [6, 6.07) is 5.12. The van der Waals surface area contributed by atoms with Gasteiger partial charge in [-0.25, -0.2) is 9.97 Å². The van der Waals surface area contributed by atoms with E-state index in [-0.39, 0.29) is 11.6 Å². The molecular weight excluding hydrogens is 327 g/mol. The van der Waals surface area contributed by atoms with Gasteiger partial charge in [0.2, 0.25) is 0 Å². The van der Waals surface area contributed by atoms with E-state index in [0.29, 0.717) is 29.0 Å². The Kier molecular flexibility index (Phi) is 5.94. The van der Waals surface area contributed by atoms with E-state index in [1.165, 1.54) is 12.4 Å². The minimum absolute atomic E-state index is 0.232.